The molecule has 3 aliphatic rings. The smallest absolute Gasteiger partial charge is 0.116 e. The van der Waals surface area contributed by atoms with Crippen LogP contribution >= 0.6 is 0 Å². The molecule has 0 spiro atoms. The Morgan fingerprint density at radius 3 is 2.00 bits per heavy atom. The van der Waals surface area contributed by atoms with Gasteiger partial charge >= 0.3 is 0 Å². The maximum atomic E-state index is 9.75. The molecular formula is C26H51N3O2. The third-order valence-corrected chi connectivity index (χ3v) is 8.60. The van der Waals surface area contributed by atoms with Crippen LogP contribution < -0.4 is 0 Å². The second-order valence-electron chi connectivity index (χ2n) is 12.6. The van der Waals surface area contributed by atoms with Crippen LogP contribution in [0, 0.1) is 5.92 Å². The molecule has 3 fully saturated rings. The highest BCUT2D eigenvalue weighted by Gasteiger charge is 2.44. The molecule has 3 heterocycles. The van der Waals surface area contributed by atoms with Gasteiger partial charge in [-0.1, -0.05) is 0 Å². The number of rotatable bonds is 8. The van der Waals surface area contributed by atoms with Crippen LogP contribution in [0.4, 0.5) is 0 Å². The predicted molar refractivity (Wildman–Crippen MR) is 129 cm³/mol. The van der Waals surface area contributed by atoms with Crippen molar-refractivity contribution in [3.8, 4) is 0 Å². The Balaban J connectivity index is 1.59. The molecule has 1 N–H and O–H groups in total. The van der Waals surface area contributed by atoms with E-state index < -0.39 is 0 Å². The molecule has 0 radical (unpaired) electrons. The van der Waals surface area contributed by atoms with Crippen LogP contribution in [0.3, 0.4) is 0 Å². The summed E-state index contributed by atoms with van der Waals surface area (Å²) in [5.41, 5.74) is 0.147. The van der Waals surface area contributed by atoms with Crippen molar-refractivity contribution in [1.29, 1.82) is 0 Å². The molecule has 0 aromatic carbocycles. The van der Waals surface area contributed by atoms with Gasteiger partial charge in [0.1, 0.15) is 5.72 Å². The molecule has 182 valence electrons. The van der Waals surface area contributed by atoms with E-state index in [0.29, 0.717) is 12.1 Å². The summed E-state index contributed by atoms with van der Waals surface area (Å²) in [6.45, 7) is 23.3. The molecule has 2 unspecified atom stereocenters. The minimum absolute atomic E-state index is 0.197. The number of aliphatic hydroxyl groups excluding tert-OH is 1. The maximum Gasteiger partial charge on any atom is 0.116 e. The first-order valence-electron chi connectivity index (χ1n) is 12.9. The van der Waals surface area contributed by atoms with Crippen molar-refractivity contribution in [3.05, 3.63) is 0 Å². The second-order valence-corrected chi connectivity index (χ2v) is 12.6. The zero-order chi connectivity index (χ0) is 23.0. The van der Waals surface area contributed by atoms with Gasteiger partial charge in [-0.25, -0.2) is 0 Å². The van der Waals surface area contributed by atoms with Crippen LogP contribution in [0.5, 0.6) is 0 Å². The lowest BCUT2D eigenvalue weighted by Gasteiger charge is -2.45. The lowest BCUT2D eigenvalue weighted by atomic mass is 9.84. The lowest BCUT2D eigenvalue weighted by molar-refractivity contribution is -0.154. The van der Waals surface area contributed by atoms with Crippen molar-refractivity contribution < 1.29 is 9.84 Å². The monoisotopic (exact) mass is 437 g/mol. The van der Waals surface area contributed by atoms with Gasteiger partial charge in [-0.3, -0.25) is 14.7 Å². The molecule has 3 rings (SSSR count). The van der Waals surface area contributed by atoms with Crippen LogP contribution in [0.25, 0.3) is 0 Å². The highest BCUT2D eigenvalue weighted by atomic mass is 16.5. The molecule has 0 saturated carbocycles. The van der Waals surface area contributed by atoms with Gasteiger partial charge in [0.2, 0.25) is 0 Å². The average molecular weight is 438 g/mol. The fourth-order valence-electron chi connectivity index (χ4n) is 6.91. The van der Waals surface area contributed by atoms with Crippen LogP contribution in [0.1, 0.15) is 93.9 Å². The Labute approximate surface area is 192 Å². The Morgan fingerprint density at radius 1 is 0.806 bits per heavy atom. The van der Waals surface area contributed by atoms with Gasteiger partial charge in [-0.15, -0.1) is 0 Å². The normalized spacial score (nSPS) is 32.4. The average Bonchev–Trinajstić information content (AvgIpc) is 3.39. The Morgan fingerprint density at radius 2 is 1.42 bits per heavy atom. The van der Waals surface area contributed by atoms with Gasteiger partial charge in [0, 0.05) is 35.7 Å². The van der Waals surface area contributed by atoms with E-state index >= 15 is 0 Å². The molecule has 0 amide bonds. The van der Waals surface area contributed by atoms with Gasteiger partial charge in [-0.2, -0.15) is 0 Å². The summed E-state index contributed by atoms with van der Waals surface area (Å²) in [6.07, 6.45) is 7.33. The van der Waals surface area contributed by atoms with E-state index in [0.717, 1.165) is 31.9 Å². The Kier molecular flexibility index (Phi) is 7.86. The summed E-state index contributed by atoms with van der Waals surface area (Å²) in [7, 11) is 0. The van der Waals surface area contributed by atoms with Gasteiger partial charge in [0.05, 0.1) is 13.2 Å². The third-order valence-electron chi connectivity index (χ3n) is 8.60. The molecule has 31 heavy (non-hydrogen) atoms. The van der Waals surface area contributed by atoms with E-state index in [4.69, 9.17) is 4.74 Å². The van der Waals surface area contributed by atoms with Crippen LogP contribution in [-0.2, 0) is 4.74 Å². The largest absolute Gasteiger partial charge is 0.395 e. The van der Waals surface area contributed by atoms with Crippen molar-refractivity contribution in [3.63, 3.8) is 0 Å². The van der Waals surface area contributed by atoms with E-state index in [2.05, 4.69) is 70.1 Å². The molecule has 0 aromatic heterocycles. The van der Waals surface area contributed by atoms with E-state index in [-0.39, 0.29) is 29.5 Å². The topological polar surface area (TPSA) is 39.2 Å². The molecule has 5 nitrogen and oxygen atoms in total. The predicted octanol–water partition coefficient (Wildman–Crippen LogP) is 4.34. The summed E-state index contributed by atoms with van der Waals surface area (Å²) in [5.74, 6) is 0.766. The summed E-state index contributed by atoms with van der Waals surface area (Å²) >= 11 is 0. The lowest BCUT2D eigenvalue weighted by Crippen LogP contribution is -2.54. The van der Waals surface area contributed by atoms with Crippen molar-refractivity contribution in [2.24, 2.45) is 5.92 Å². The number of nitrogens with zero attached hydrogens (tertiary/aromatic N) is 3. The quantitative estimate of drug-likeness (QED) is 0.612. The van der Waals surface area contributed by atoms with E-state index in [1.807, 2.05) is 0 Å². The second kappa shape index (κ2) is 9.58. The summed E-state index contributed by atoms with van der Waals surface area (Å²) in [6, 6.07) is 1.40. The molecule has 4 atom stereocenters. The number of aliphatic hydroxyl groups is 1. The molecule has 3 aliphatic heterocycles. The molecule has 0 bridgehead atoms. The van der Waals surface area contributed by atoms with Crippen molar-refractivity contribution in [1.82, 2.24) is 14.7 Å². The van der Waals surface area contributed by atoms with E-state index in [1.165, 1.54) is 38.8 Å². The molecule has 5 heteroatoms. The highest BCUT2D eigenvalue weighted by molar-refractivity contribution is 4.98. The Bertz CT molecular complexity index is 586. The highest BCUT2D eigenvalue weighted by Crippen LogP contribution is 2.39. The Hall–Kier alpha value is -0.200. The number of ether oxygens (including phenoxy) is 1. The first-order valence-corrected chi connectivity index (χ1v) is 12.9. The number of hydrogen-bond donors (Lipinski definition) is 1. The minimum Gasteiger partial charge on any atom is -0.395 e. The van der Waals surface area contributed by atoms with Gasteiger partial charge in [0.15, 0.2) is 0 Å². The third kappa shape index (κ3) is 5.66. The van der Waals surface area contributed by atoms with Crippen molar-refractivity contribution in [2.45, 2.75) is 129 Å². The molecule has 0 aliphatic carbocycles. The van der Waals surface area contributed by atoms with Crippen LogP contribution in [0.2, 0.25) is 0 Å². The van der Waals surface area contributed by atoms with Crippen LogP contribution in [0.15, 0.2) is 0 Å². The van der Waals surface area contributed by atoms with Gasteiger partial charge in [0.25, 0.3) is 0 Å². The zero-order valence-corrected chi connectivity index (χ0v) is 21.8. The maximum absolute atomic E-state index is 9.75. The first-order chi connectivity index (χ1) is 14.4. The van der Waals surface area contributed by atoms with E-state index in [9.17, 15) is 5.11 Å². The number of likely N-dealkylation sites (tertiary alicyclic amines) is 3. The standard InChI is InChI=1S/C26H51N3O2/c1-20-21(13-16-27(20)24(2,3)4)17-25(5,6)28-14-10-12-23(28)19-31-26(7,8)29-15-9-11-22(29)18-30/h20-23,30H,9-19H2,1-8H3/t20-,21?,22-,23?/m0/s1. The summed E-state index contributed by atoms with van der Waals surface area (Å²) in [4.78, 5) is 7.83. The van der Waals surface area contributed by atoms with E-state index in [1.54, 1.807) is 0 Å². The zero-order valence-electron chi connectivity index (χ0n) is 21.8. The van der Waals surface area contributed by atoms with Crippen LogP contribution in [-0.4, -0.2) is 87.6 Å². The molecule has 0 aromatic rings. The van der Waals surface area contributed by atoms with Gasteiger partial charge < -0.3 is 9.84 Å². The SMILES string of the molecule is C[C@H]1C(CC(C)(C)N2CCCC2COC(C)(C)N2CCC[C@H]2CO)CCN1C(C)(C)C. The summed E-state index contributed by atoms with van der Waals surface area (Å²) < 4.78 is 6.57. The molecular weight excluding hydrogens is 386 g/mol. The fourth-order valence-corrected chi connectivity index (χ4v) is 6.91. The minimum atomic E-state index is -0.310. The van der Waals surface area contributed by atoms with Crippen molar-refractivity contribution >= 4 is 0 Å². The number of hydrogen-bond acceptors (Lipinski definition) is 5. The first kappa shape index (κ1) is 25.4. The summed E-state index contributed by atoms with van der Waals surface area (Å²) in [5, 5.41) is 9.75. The van der Waals surface area contributed by atoms with Crippen molar-refractivity contribution in [2.75, 3.05) is 32.8 Å². The fraction of sp³-hybridized carbons (Fsp3) is 1.00. The molecule has 3 saturated heterocycles. The van der Waals surface area contributed by atoms with Gasteiger partial charge in [-0.05, 0) is 113 Å².